The molecule has 4 rings (SSSR count). The minimum atomic E-state index is -0.860. The molecular formula is C24H25F3. The van der Waals surface area contributed by atoms with Gasteiger partial charge >= 0.3 is 0 Å². The Bertz CT molecular complexity index is 873. The van der Waals surface area contributed by atoms with E-state index in [1.165, 1.54) is 37.8 Å². The Morgan fingerprint density at radius 2 is 1.63 bits per heavy atom. The number of hydrogen-bond donors (Lipinski definition) is 0. The fourth-order valence-electron chi connectivity index (χ4n) is 4.75. The molecule has 0 bridgehead atoms. The highest BCUT2D eigenvalue weighted by molar-refractivity contribution is 5.88. The van der Waals surface area contributed by atoms with Gasteiger partial charge in [0.15, 0.2) is 11.6 Å². The lowest BCUT2D eigenvalue weighted by Crippen LogP contribution is -2.13. The largest absolute Gasteiger partial charge is 0.206 e. The Hall–Kier alpha value is -2.03. The zero-order valence-corrected chi connectivity index (χ0v) is 15.7. The quantitative estimate of drug-likeness (QED) is 0.531. The number of halogens is 3. The Morgan fingerprint density at radius 3 is 2.33 bits per heavy atom. The summed E-state index contributed by atoms with van der Waals surface area (Å²) in [5.41, 5.74) is 3.75. The van der Waals surface area contributed by atoms with Crippen LogP contribution < -0.4 is 0 Å². The van der Waals surface area contributed by atoms with E-state index in [4.69, 9.17) is 0 Å². The third kappa shape index (κ3) is 3.69. The smallest absolute Gasteiger partial charge is 0.159 e. The summed E-state index contributed by atoms with van der Waals surface area (Å²) in [5, 5.41) is 0. The maximum absolute atomic E-state index is 14.8. The third-order valence-electron chi connectivity index (χ3n) is 6.25. The SMILES string of the molecule is CCCC1CCC(c2ccc(C3=Cc4cc(F)c(F)cc4C3)c(F)c2)CC1. The summed E-state index contributed by atoms with van der Waals surface area (Å²) in [5.74, 6) is -0.667. The molecule has 0 nitrogen and oxygen atoms in total. The van der Waals surface area contributed by atoms with Crippen molar-refractivity contribution < 1.29 is 13.2 Å². The van der Waals surface area contributed by atoms with Crippen molar-refractivity contribution in [3.8, 4) is 0 Å². The van der Waals surface area contributed by atoms with E-state index in [0.29, 0.717) is 29.0 Å². The van der Waals surface area contributed by atoms with Crippen LogP contribution in [0.15, 0.2) is 30.3 Å². The molecule has 142 valence electrons. The van der Waals surface area contributed by atoms with Gasteiger partial charge < -0.3 is 0 Å². The van der Waals surface area contributed by atoms with Crippen LogP contribution in [0.2, 0.25) is 0 Å². The molecule has 1 fully saturated rings. The van der Waals surface area contributed by atoms with Crippen molar-refractivity contribution in [2.45, 2.75) is 57.8 Å². The molecule has 0 amide bonds. The number of hydrogen-bond acceptors (Lipinski definition) is 0. The van der Waals surface area contributed by atoms with Crippen molar-refractivity contribution in [2.75, 3.05) is 0 Å². The van der Waals surface area contributed by atoms with Crippen LogP contribution >= 0.6 is 0 Å². The standard InChI is InChI=1S/C24H25F3/c1-2-3-15-4-6-16(7-5-15)17-8-9-21(22(25)12-17)20-10-18-13-23(26)24(27)14-19(18)11-20/h8-10,12-16H,2-7,11H2,1H3. The van der Waals surface area contributed by atoms with Gasteiger partial charge in [0.25, 0.3) is 0 Å². The lowest BCUT2D eigenvalue weighted by Gasteiger charge is -2.28. The first-order chi connectivity index (χ1) is 13.0. The maximum Gasteiger partial charge on any atom is 0.159 e. The lowest BCUT2D eigenvalue weighted by molar-refractivity contribution is 0.308. The Kier molecular flexibility index (Phi) is 5.12. The van der Waals surface area contributed by atoms with E-state index in [2.05, 4.69) is 6.92 Å². The Morgan fingerprint density at radius 1 is 0.889 bits per heavy atom. The minimum absolute atomic E-state index is 0.233. The predicted octanol–water partition coefficient (Wildman–Crippen LogP) is 7.27. The summed E-state index contributed by atoms with van der Waals surface area (Å²) in [7, 11) is 0. The van der Waals surface area contributed by atoms with Crippen LogP contribution in [0.25, 0.3) is 11.6 Å². The fraction of sp³-hybridized carbons (Fsp3) is 0.417. The van der Waals surface area contributed by atoms with Crippen LogP contribution in [-0.4, -0.2) is 0 Å². The summed E-state index contributed by atoms with van der Waals surface area (Å²) < 4.78 is 41.7. The van der Waals surface area contributed by atoms with Crippen LogP contribution in [0.3, 0.4) is 0 Å². The van der Waals surface area contributed by atoms with Crippen molar-refractivity contribution in [1.82, 2.24) is 0 Å². The highest BCUT2D eigenvalue weighted by Crippen LogP contribution is 2.39. The molecule has 2 aliphatic carbocycles. The number of rotatable bonds is 4. The zero-order chi connectivity index (χ0) is 19.0. The van der Waals surface area contributed by atoms with E-state index in [9.17, 15) is 13.2 Å². The molecule has 0 aliphatic heterocycles. The van der Waals surface area contributed by atoms with E-state index < -0.39 is 11.6 Å². The molecule has 0 radical (unpaired) electrons. The van der Waals surface area contributed by atoms with Crippen LogP contribution in [-0.2, 0) is 6.42 Å². The molecule has 3 heteroatoms. The second kappa shape index (κ2) is 7.53. The highest BCUT2D eigenvalue weighted by Gasteiger charge is 2.24. The topological polar surface area (TPSA) is 0 Å². The van der Waals surface area contributed by atoms with Crippen molar-refractivity contribution in [1.29, 1.82) is 0 Å². The molecule has 0 saturated heterocycles. The summed E-state index contributed by atoms with van der Waals surface area (Å²) in [6.45, 7) is 2.24. The van der Waals surface area contributed by atoms with Crippen molar-refractivity contribution >= 4 is 11.6 Å². The van der Waals surface area contributed by atoms with Gasteiger partial charge in [-0.3, -0.25) is 0 Å². The third-order valence-corrected chi connectivity index (χ3v) is 6.25. The van der Waals surface area contributed by atoms with Gasteiger partial charge in [0.1, 0.15) is 5.82 Å². The molecule has 0 spiro atoms. The van der Waals surface area contributed by atoms with Crippen LogP contribution in [0.1, 0.15) is 73.6 Å². The monoisotopic (exact) mass is 370 g/mol. The normalized spacial score (nSPS) is 21.9. The highest BCUT2D eigenvalue weighted by atomic mass is 19.2. The summed E-state index contributed by atoms with van der Waals surface area (Å²) in [6.07, 6.45) is 9.49. The molecule has 2 aromatic carbocycles. The van der Waals surface area contributed by atoms with Crippen LogP contribution in [0.5, 0.6) is 0 Å². The van der Waals surface area contributed by atoms with Crippen molar-refractivity contribution in [3.05, 3.63) is 70.0 Å². The second-order valence-corrected chi connectivity index (χ2v) is 8.06. The first-order valence-corrected chi connectivity index (χ1v) is 10.0. The van der Waals surface area contributed by atoms with Gasteiger partial charge in [-0.2, -0.15) is 0 Å². The second-order valence-electron chi connectivity index (χ2n) is 8.06. The maximum atomic E-state index is 14.8. The number of fused-ring (bicyclic) bond motifs is 1. The first-order valence-electron chi connectivity index (χ1n) is 10.0. The van der Waals surface area contributed by atoms with Crippen molar-refractivity contribution in [2.24, 2.45) is 5.92 Å². The number of benzene rings is 2. The van der Waals surface area contributed by atoms with Gasteiger partial charge in [0.05, 0.1) is 0 Å². The zero-order valence-electron chi connectivity index (χ0n) is 15.7. The molecule has 27 heavy (non-hydrogen) atoms. The minimum Gasteiger partial charge on any atom is -0.206 e. The lowest BCUT2D eigenvalue weighted by atomic mass is 9.77. The van der Waals surface area contributed by atoms with E-state index in [0.717, 1.165) is 29.9 Å². The summed E-state index contributed by atoms with van der Waals surface area (Å²) >= 11 is 0. The van der Waals surface area contributed by atoms with Gasteiger partial charge in [0.2, 0.25) is 0 Å². The summed E-state index contributed by atoms with van der Waals surface area (Å²) in [4.78, 5) is 0. The van der Waals surface area contributed by atoms with Crippen LogP contribution in [0, 0.1) is 23.4 Å². The molecule has 0 atom stereocenters. The van der Waals surface area contributed by atoms with Gasteiger partial charge in [-0.25, -0.2) is 13.2 Å². The number of allylic oxidation sites excluding steroid dienone is 1. The van der Waals surface area contributed by atoms with Gasteiger partial charge in [-0.05, 0) is 84.4 Å². The fourth-order valence-corrected chi connectivity index (χ4v) is 4.75. The van der Waals surface area contributed by atoms with Crippen LogP contribution in [0.4, 0.5) is 13.2 Å². The Balaban J connectivity index is 1.51. The molecule has 2 aromatic rings. The summed E-state index contributed by atoms with van der Waals surface area (Å²) in [6, 6.07) is 7.96. The molecule has 1 saturated carbocycles. The van der Waals surface area contributed by atoms with Gasteiger partial charge in [0, 0.05) is 5.56 Å². The van der Waals surface area contributed by atoms with Gasteiger partial charge in [-0.15, -0.1) is 0 Å². The predicted molar refractivity (Wildman–Crippen MR) is 104 cm³/mol. The average molecular weight is 370 g/mol. The van der Waals surface area contributed by atoms with Gasteiger partial charge in [-0.1, -0.05) is 38.0 Å². The molecule has 0 unspecified atom stereocenters. The van der Waals surface area contributed by atoms with E-state index in [-0.39, 0.29) is 5.82 Å². The average Bonchev–Trinajstić information content (AvgIpc) is 3.05. The van der Waals surface area contributed by atoms with E-state index in [1.54, 1.807) is 12.1 Å². The molecule has 2 aliphatic rings. The molecular weight excluding hydrogens is 345 g/mol. The Labute approximate surface area is 159 Å². The van der Waals surface area contributed by atoms with E-state index in [1.807, 2.05) is 12.1 Å². The molecule has 0 aromatic heterocycles. The van der Waals surface area contributed by atoms with Crippen molar-refractivity contribution in [3.63, 3.8) is 0 Å². The molecule has 0 heterocycles. The first kappa shape index (κ1) is 18.3. The van der Waals surface area contributed by atoms with E-state index >= 15 is 0 Å². The molecule has 0 N–H and O–H groups in total.